The summed E-state index contributed by atoms with van der Waals surface area (Å²) in [6, 6.07) is 39.2. The summed E-state index contributed by atoms with van der Waals surface area (Å²) in [5, 5.41) is 2.32. The topological polar surface area (TPSA) is 122 Å². The lowest BCUT2D eigenvalue weighted by Crippen LogP contribution is -2.27. The van der Waals surface area contributed by atoms with Crippen LogP contribution in [0.3, 0.4) is 0 Å². The monoisotopic (exact) mass is 644 g/mol. The molecule has 0 atom stereocenters. The van der Waals surface area contributed by atoms with E-state index in [4.69, 9.17) is 17.5 Å². The van der Waals surface area contributed by atoms with Gasteiger partial charge in [-0.1, -0.05) is 72.8 Å². The van der Waals surface area contributed by atoms with Gasteiger partial charge in [-0.2, -0.15) is 0 Å². The summed E-state index contributed by atoms with van der Waals surface area (Å²) in [4.78, 5) is 24.1. The molecule has 0 unspecified atom stereocenters. The Morgan fingerprint density at radius 3 is 1.28 bits per heavy atom. The van der Waals surface area contributed by atoms with Gasteiger partial charge in [-0.25, -0.2) is 9.13 Å². The largest absolute Gasteiger partial charge is 0.759 e. The van der Waals surface area contributed by atoms with Gasteiger partial charge in [-0.15, -0.1) is 0 Å². The highest BCUT2D eigenvalue weighted by Gasteiger charge is 2.06. The number of pyridine rings is 2. The van der Waals surface area contributed by atoms with Crippen molar-refractivity contribution < 1.29 is 36.2 Å². The lowest BCUT2D eigenvalue weighted by molar-refractivity contribution is -0.645. The van der Waals surface area contributed by atoms with Crippen molar-refractivity contribution >= 4 is 55.9 Å². The number of nitrogens with zero attached hydrogens (tertiary/aromatic N) is 2. The number of carbonyl (C=O) groups excluding carboxylic acids is 2. The summed E-state index contributed by atoms with van der Waals surface area (Å²) in [5.41, 5.74) is 5.81. The van der Waals surface area contributed by atoms with Gasteiger partial charge in [0.1, 0.15) is 14.1 Å². The maximum Gasteiger partial charge on any atom is 0.212 e. The highest BCUT2D eigenvalue weighted by atomic mass is 32.3. The third kappa shape index (κ3) is 10.8. The Hall–Kier alpha value is -5.61. The normalized spacial score (nSPS) is 11.1. The Bertz CT molecular complexity index is 2030. The first-order valence-corrected chi connectivity index (χ1v) is 15.8. The van der Waals surface area contributed by atoms with Crippen LogP contribution in [0.25, 0.3) is 34.0 Å². The van der Waals surface area contributed by atoms with Gasteiger partial charge >= 0.3 is 0 Å². The molecule has 0 radical (unpaired) electrons. The van der Waals surface area contributed by atoms with Crippen LogP contribution in [0, 0.1) is 0 Å². The molecule has 0 aliphatic heterocycles. The van der Waals surface area contributed by atoms with Crippen molar-refractivity contribution in [1.29, 1.82) is 0 Å². The van der Waals surface area contributed by atoms with Gasteiger partial charge in [0.25, 0.3) is 0 Å². The fraction of sp³-hybridized carbons (Fsp3) is 0.0526. The first-order chi connectivity index (χ1) is 22.5. The van der Waals surface area contributed by atoms with Gasteiger partial charge in [-0.3, -0.25) is 18.0 Å². The molecule has 236 valence electrons. The van der Waals surface area contributed by atoms with E-state index < -0.39 is 10.4 Å². The summed E-state index contributed by atoms with van der Waals surface area (Å²) in [7, 11) is -1.12. The average molecular weight is 645 g/mol. The molecule has 9 heteroatoms. The Morgan fingerprint density at radius 2 is 0.915 bits per heavy atom. The molecular formula is C38H32N2O6S. The van der Waals surface area contributed by atoms with Crippen LogP contribution in [-0.4, -0.2) is 29.1 Å². The molecule has 0 N–H and O–H groups in total. The second-order valence-electron chi connectivity index (χ2n) is 10.4. The van der Waals surface area contributed by atoms with E-state index in [0.717, 1.165) is 21.9 Å². The van der Waals surface area contributed by atoms with Crippen LogP contribution in [-0.2, 0) is 24.5 Å². The van der Waals surface area contributed by atoms with Crippen molar-refractivity contribution in [3.8, 4) is 0 Å². The van der Waals surface area contributed by atoms with E-state index in [1.165, 1.54) is 11.0 Å². The van der Waals surface area contributed by atoms with Crippen molar-refractivity contribution in [3.05, 3.63) is 168 Å². The number of fused-ring (bicyclic) bond motifs is 2. The van der Waals surface area contributed by atoms with Crippen LogP contribution in [0.5, 0.6) is 0 Å². The number of rotatable bonds is 6. The summed E-state index contributed by atoms with van der Waals surface area (Å²) in [6.07, 6.45) is 11.0. The smallest absolute Gasteiger partial charge is 0.212 e. The van der Waals surface area contributed by atoms with E-state index in [-0.39, 0.29) is 11.6 Å². The maximum absolute atomic E-state index is 12.0. The molecule has 0 aliphatic rings. The van der Waals surface area contributed by atoms with Crippen LogP contribution in [0.2, 0.25) is 0 Å². The lowest BCUT2D eigenvalue weighted by atomic mass is 10.1. The van der Waals surface area contributed by atoms with Crippen LogP contribution in [0.4, 0.5) is 0 Å². The Balaban J connectivity index is 0.000000186. The van der Waals surface area contributed by atoms with E-state index >= 15 is 0 Å². The average Bonchev–Trinajstić information content (AvgIpc) is 3.06. The number of hydrogen-bond acceptors (Lipinski definition) is 6. The zero-order valence-electron chi connectivity index (χ0n) is 25.8. The molecule has 47 heavy (non-hydrogen) atoms. The van der Waals surface area contributed by atoms with Gasteiger partial charge in [0.2, 0.25) is 11.0 Å². The zero-order chi connectivity index (χ0) is 33.8. The predicted octanol–water partition coefficient (Wildman–Crippen LogP) is 5.78. The Labute approximate surface area is 273 Å². The molecule has 0 aliphatic carbocycles. The maximum atomic E-state index is 12.0. The quantitative estimate of drug-likeness (QED) is 0.0745. The molecule has 6 aromatic rings. The molecular weight excluding hydrogens is 612 g/mol. The molecule has 6 rings (SSSR count). The molecule has 0 spiro atoms. The van der Waals surface area contributed by atoms with Crippen molar-refractivity contribution in [2.24, 2.45) is 14.1 Å². The number of hydrogen-bond donors (Lipinski definition) is 0. The van der Waals surface area contributed by atoms with E-state index in [2.05, 4.69) is 45.5 Å². The molecule has 4 aromatic carbocycles. The van der Waals surface area contributed by atoms with Gasteiger partial charge in [0.05, 0.1) is 0 Å². The molecule has 0 fully saturated rings. The minimum Gasteiger partial charge on any atom is -0.759 e. The summed E-state index contributed by atoms with van der Waals surface area (Å²) >= 11 is 0. The van der Waals surface area contributed by atoms with E-state index in [9.17, 15) is 9.59 Å². The fourth-order valence-corrected chi connectivity index (χ4v) is 4.72. The zero-order valence-corrected chi connectivity index (χ0v) is 26.6. The van der Waals surface area contributed by atoms with Gasteiger partial charge in [-0.05, 0) is 59.7 Å². The molecule has 0 amide bonds. The number of benzene rings is 4. The van der Waals surface area contributed by atoms with Crippen molar-refractivity contribution in [1.82, 2.24) is 0 Å². The SMILES string of the molecule is C[n+]1cccc2cc(/C=C/C(=O)c3ccccc3)ccc21.C[n+]1cccc2cc(/C=C/C(=O)c3ccccc3)ccc21.O=S(=O)([O-])[O-]. The van der Waals surface area contributed by atoms with Crippen molar-refractivity contribution in [3.63, 3.8) is 0 Å². The van der Waals surface area contributed by atoms with Crippen LogP contribution in [0.1, 0.15) is 31.8 Å². The summed E-state index contributed by atoms with van der Waals surface area (Å²) < 4.78 is 38.2. The first kappa shape index (κ1) is 34.3. The second kappa shape index (κ2) is 16.1. The molecule has 0 saturated heterocycles. The minimum atomic E-state index is -5.17. The Morgan fingerprint density at radius 1 is 0.553 bits per heavy atom. The van der Waals surface area contributed by atoms with E-state index in [1.807, 2.05) is 124 Å². The summed E-state index contributed by atoms with van der Waals surface area (Å²) in [5.74, 6) is 0.0450. The third-order valence-electron chi connectivity index (χ3n) is 7.00. The molecule has 2 aromatic heterocycles. The Kier molecular flexibility index (Phi) is 11.7. The van der Waals surface area contributed by atoms with E-state index in [0.29, 0.717) is 11.1 Å². The second-order valence-corrected chi connectivity index (χ2v) is 11.2. The fourth-order valence-electron chi connectivity index (χ4n) is 4.72. The number of carbonyl (C=O) groups is 2. The highest BCUT2D eigenvalue weighted by molar-refractivity contribution is 7.79. The van der Waals surface area contributed by atoms with Crippen molar-refractivity contribution in [2.75, 3.05) is 0 Å². The number of aromatic nitrogens is 2. The van der Waals surface area contributed by atoms with Crippen LogP contribution >= 0.6 is 0 Å². The van der Waals surface area contributed by atoms with Gasteiger partial charge in [0, 0.05) is 56.6 Å². The van der Waals surface area contributed by atoms with Crippen LogP contribution < -0.4 is 9.13 Å². The van der Waals surface area contributed by atoms with E-state index in [1.54, 1.807) is 12.2 Å². The molecule has 0 saturated carbocycles. The van der Waals surface area contributed by atoms with Gasteiger partial charge in [0.15, 0.2) is 24.0 Å². The third-order valence-corrected chi connectivity index (χ3v) is 7.00. The number of aryl methyl sites for hydroxylation is 2. The van der Waals surface area contributed by atoms with Gasteiger partial charge < -0.3 is 9.11 Å². The highest BCUT2D eigenvalue weighted by Crippen LogP contribution is 2.15. The van der Waals surface area contributed by atoms with Crippen LogP contribution in [0.15, 0.2) is 146 Å². The predicted molar refractivity (Wildman–Crippen MR) is 180 cm³/mol. The number of ketones is 2. The lowest BCUT2D eigenvalue weighted by Gasteiger charge is -2.06. The molecule has 2 heterocycles. The number of allylic oxidation sites excluding steroid dienone is 2. The standard InChI is InChI=1S/2C19H16NO.H2O4S/c2*1-20-13-5-8-17-14-15(9-11-18(17)20)10-12-19(21)16-6-3-2-4-7-16;1-5(2,3)4/h2*2-14H,1H3;(H2,1,2,3,4)/q2*+1;/p-2/b2*12-10+;. The summed E-state index contributed by atoms with van der Waals surface area (Å²) in [6.45, 7) is 0. The molecule has 8 nitrogen and oxygen atoms in total. The van der Waals surface area contributed by atoms with Crippen molar-refractivity contribution in [2.45, 2.75) is 0 Å². The molecule has 0 bridgehead atoms. The first-order valence-electron chi connectivity index (χ1n) is 14.5. The minimum absolute atomic E-state index is 0.0225.